The summed E-state index contributed by atoms with van der Waals surface area (Å²) in [5.74, 6) is -0.0644. The fourth-order valence-electron chi connectivity index (χ4n) is 3.77. The van der Waals surface area contributed by atoms with E-state index in [4.69, 9.17) is 0 Å². The van der Waals surface area contributed by atoms with Gasteiger partial charge < -0.3 is 15.5 Å². The Morgan fingerprint density at radius 2 is 1.90 bits per heavy atom. The van der Waals surface area contributed by atoms with Crippen LogP contribution in [0.15, 0.2) is 67.3 Å². The van der Waals surface area contributed by atoms with Crippen molar-refractivity contribution >= 4 is 11.6 Å². The van der Waals surface area contributed by atoms with E-state index in [9.17, 15) is 4.79 Å². The van der Waals surface area contributed by atoms with Crippen LogP contribution in [0.4, 0.5) is 5.69 Å². The Hall–Kier alpha value is -3.19. The first-order valence-corrected chi connectivity index (χ1v) is 10.5. The van der Waals surface area contributed by atoms with Crippen LogP contribution in [0.3, 0.4) is 0 Å². The molecule has 1 fully saturated rings. The van der Waals surface area contributed by atoms with Crippen LogP contribution in [-0.2, 0) is 13.1 Å². The van der Waals surface area contributed by atoms with Gasteiger partial charge in [-0.3, -0.25) is 14.5 Å². The highest BCUT2D eigenvalue weighted by Gasteiger charge is 2.19. The zero-order valence-electron chi connectivity index (χ0n) is 17.1. The number of pyridine rings is 1. The molecule has 0 aliphatic carbocycles. The third-order valence-electron chi connectivity index (χ3n) is 5.50. The highest BCUT2D eigenvalue weighted by atomic mass is 16.1. The predicted molar refractivity (Wildman–Crippen MR) is 117 cm³/mol. The lowest BCUT2D eigenvalue weighted by molar-refractivity contribution is 0.0951. The van der Waals surface area contributed by atoms with Gasteiger partial charge in [0.1, 0.15) is 0 Å². The molecule has 1 aliphatic rings. The number of benzene rings is 1. The normalized spacial score (nSPS) is 14.6. The highest BCUT2D eigenvalue weighted by Crippen LogP contribution is 2.20. The number of rotatable bonds is 8. The first-order valence-electron chi connectivity index (χ1n) is 10.5. The molecule has 3 aromatic rings. The molecule has 3 heterocycles. The van der Waals surface area contributed by atoms with Crippen molar-refractivity contribution in [3.05, 3.63) is 78.4 Å². The smallest absolute Gasteiger partial charge is 0.251 e. The maximum Gasteiger partial charge on any atom is 0.251 e. The maximum atomic E-state index is 12.4. The zero-order valence-corrected chi connectivity index (χ0v) is 17.1. The summed E-state index contributed by atoms with van der Waals surface area (Å²) in [6.45, 7) is 4.36. The molecule has 1 aromatic carbocycles. The zero-order chi connectivity index (χ0) is 20.6. The molecule has 1 saturated heterocycles. The van der Waals surface area contributed by atoms with Gasteiger partial charge in [0.05, 0.1) is 6.54 Å². The van der Waals surface area contributed by atoms with E-state index in [1.807, 2.05) is 59.5 Å². The Labute approximate surface area is 177 Å². The molecule has 1 aliphatic heterocycles. The van der Waals surface area contributed by atoms with Crippen LogP contribution in [0.2, 0.25) is 0 Å². The molecule has 0 unspecified atom stereocenters. The molecule has 0 saturated carbocycles. The molecule has 2 N–H and O–H groups in total. The van der Waals surface area contributed by atoms with Crippen molar-refractivity contribution in [2.45, 2.75) is 32.0 Å². The van der Waals surface area contributed by atoms with Crippen molar-refractivity contribution < 1.29 is 4.79 Å². The lowest BCUT2D eigenvalue weighted by Gasteiger charge is -2.34. The van der Waals surface area contributed by atoms with Gasteiger partial charge in [0, 0.05) is 68.3 Å². The fraction of sp³-hybridized carbons (Fsp3) is 0.348. The number of hydrogen-bond donors (Lipinski definition) is 2. The Balaban J connectivity index is 1.21. The van der Waals surface area contributed by atoms with Crippen molar-refractivity contribution in [1.29, 1.82) is 0 Å². The number of amides is 1. The van der Waals surface area contributed by atoms with Gasteiger partial charge in [-0.2, -0.15) is 5.10 Å². The number of nitrogens with one attached hydrogen (secondary N) is 2. The summed E-state index contributed by atoms with van der Waals surface area (Å²) in [7, 11) is 0. The molecule has 0 atom stereocenters. The van der Waals surface area contributed by atoms with Gasteiger partial charge in [-0.25, -0.2) is 0 Å². The molecule has 156 valence electrons. The van der Waals surface area contributed by atoms with Gasteiger partial charge in [-0.1, -0.05) is 6.07 Å². The second-order valence-corrected chi connectivity index (χ2v) is 7.58. The number of anilines is 1. The van der Waals surface area contributed by atoms with E-state index in [-0.39, 0.29) is 5.91 Å². The molecule has 7 nitrogen and oxygen atoms in total. The molecule has 0 spiro atoms. The van der Waals surface area contributed by atoms with Crippen LogP contribution in [0, 0.1) is 0 Å². The van der Waals surface area contributed by atoms with Gasteiger partial charge in [0.2, 0.25) is 0 Å². The first-order chi connectivity index (χ1) is 14.8. The molecular formula is C23H28N6O. The summed E-state index contributed by atoms with van der Waals surface area (Å²) in [5.41, 5.74) is 2.84. The summed E-state index contributed by atoms with van der Waals surface area (Å²) in [4.78, 5) is 18.8. The van der Waals surface area contributed by atoms with Crippen LogP contribution in [0.25, 0.3) is 0 Å². The van der Waals surface area contributed by atoms with E-state index < -0.39 is 0 Å². The van der Waals surface area contributed by atoms with Crippen LogP contribution in [0.5, 0.6) is 0 Å². The molecule has 0 radical (unpaired) electrons. The number of aromatic nitrogens is 3. The summed E-state index contributed by atoms with van der Waals surface area (Å²) in [6, 6.07) is 14.2. The van der Waals surface area contributed by atoms with E-state index in [2.05, 4.69) is 25.6 Å². The van der Waals surface area contributed by atoms with Crippen LogP contribution in [-0.4, -0.2) is 46.3 Å². The third kappa shape index (κ3) is 5.45. The number of nitrogens with zero attached hydrogens (tertiary/aromatic N) is 4. The number of carbonyl (C=O) groups excluding carboxylic acids is 1. The fourth-order valence-corrected chi connectivity index (χ4v) is 3.77. The van der Waals surface area contributed by atoms with E-state index in [0.717, 1.165) is 44.6 Å². The molecule has 30 heavy (non-hydrogen) atoms. The second kappa shape index (κ2) is 10.0. The summed E-state index contributed by atoms with van der Waals surface area (Å²) in [6.07, 6.45) is 9.53. The lowest BCUT2D eigenvalue weighted by atomic mass is 10.0. The highest BCUT2D eigenvalue weighted by molar-refractivity contribution is 5.94. The Bertz CT molecular complexity index is 903. The van der Waals surface area contributed by atoms with Crippen molar-refractivity contribution in [3.8, 4) is 0 Å². The molecule has 7 heteroatoms. The average molecular weight is 405 g/mol. The second-order valence-electron chi connectivity index (χ2n) is 7.58. The lowest BCUT2D eigenvalue weighted by Crippen LogP contribution is -2.43. The topological polar surface area (TPSA) is 75.1 Å². The molecular weight excluding hydrogens is 376 g/mol. The predicted octanol–water partition coefficient (Wildman–Crippen LogP) is 2.47. The minimum atomic E-state index is -0.0644. The summed E-state index contributed by atoms with van der Waals surface area (Å²) < 4.78 is 1.95. The molecule has 2 aromatic heterocycles. The molecule has 1 amide bonds. The van der Waals surface area contributed by atoms with Gasteiger partial charge in [-0.15, -0.1) is 0 Å². The standard InChI is InChI=1S/C23H28N6O/c30-23(26-18-19-3-1-10-24-17-19)20-4-6-22(7-5-20)28-14-8-21(9-15-28)25-12-16-29-13-2-11-27-29/h1-7,10-11,13,17,21,25H,8-9,12,14-16,18H2,(H,26,30). The molecule has 0 bridgehead atoms. The van der Waals surface area contributed by atoms with Crippen LogP contribution < -0.4 is 15.5 Å². The first kappa shape index (κ1) is 20.1. The Morgan fingerprint density at radius 1 is 1.07 bits per heavy atom. The van der Waals surface area contributed by atoms with Crippen LogP contribution >= 0.6 is 0 Å². The third-order valence-corrected chi connectivity index (χ3v) is 5.50. The van der Waals surface area contributed by atoms with E-state index in [1.54, 1.807) is 12.4 Å². The molecule has 4 rings (SSSR count). The number of carbonyl (C=O) groups is 1. The van der Waals surface area contributed by atoms with Gasteiger partial charge in [0.25, 0.3) is 5.91 Å². The number of hydrogen-bond acceptors (Lipinski definition) is 5. The van der Waals surface area contributed by atoms with E-state index in [0.29, 0.717) is 18.2 Å². The maximum absolute atomic E-state index is 12.4. The van der Waals surface area contributed by atoms with Gasteiger partial charge in [0.15, 0.2) is 0 Å². The quantitative estimate of drug-likeness (QED) is 0.603. The number of piperidine rings is 1. The SMILES string of the molecule is O=C(NCc1cccnc1)c1ccc(N2CCC(NCCn3cccn3)CC2)cc1. The van der Waals surface area contributed by atoms with Crippen molar-refractivity contribution in [2.24, 2.45) is 0 Å². The summed E-state index contributed by atoms with van der Waals surface area (Å²) in [5, 5.41) is 10.8. The largest absolute Gasteiger partial charge is 0.371 e. The van der Waals surface area contributed by atoms with E-state index in [1.165, 1.54) is 5.69 Å². The average Bonchev–Trinajstić information content (AvgIpc) is 3.32. The van der Waals surface area contributed by atoms with E-state index >= 15 is 0 Å². The van der Waals surface area contributed by atoms with Gasteiger partial charge in [-0.05, 0) is 54.8 Å². The Morgan fingerprint density at radius 3 is 2.60 bits per heavy atom. The van der Waals surface area contributed by atoms with Crippen molar-refractivity contribution in [3.63, 3.8) is 0 Å². The van der Waals surface area contributed by atoms with Crippen molar-refractivity contribution in [2.75, 3.05) is 24.5 Å². The minimum absolute atomic E-state index is 0.0644. The Kier molecular flexibility index (Phi) is 6.72. The van der Waals surface area contributed by atoms with Crippen molar-refractivity contribution in [1.82, 2.24) is 25.4 Å². The summed E-state index contributed by atoms with van der Waals surface area (Å²) >= 11 is 0. The minimum Gasteiger partial charge on any atom is -0.371 e. The monoisotopic (exact) mass is 404 g/mol. The van der Waals surface area contributed by atoms with Crippen LogP contribution in [0.1, 0.15) is 28.8 Å². The van der Waals surface area contributed by atoms with Gasteiger partial charge >= 0.3 is 0 Å².